The molecule has 1 atom stereocenters. The standard InChI is InChI=1S/C13H19NO2S2/c1-10(17-2)12-5-4-11-6-7-14(18(3,15)16)9-13(11)8-12/h4-5,8,10H,6-7,9H2,1-3H3. The summed E-state index contributed by atoms with van der Waals surface area (Å²) in [7, 11) is -3.08. The van der Waals surface area contributed by atoms with E-state index in [4.69, 9.17) is 0 Å². The maximum Gasteiger partial charge on any atom is 0.211 e. The third-order valence-electron chi connectivity index (χ3n) is 3.50. The van der Waals surface area contributed by atoms with Crippen molar-refractivity contribution in [3.8, 4) is 0 Å². The maximum atomic E-state index is 11.6. The zero-order valence-corrected chi connectivity index (χ0v) is 12.6. The Morgan fingerprint density at radius 3 is 2.67 bits per heavy atom. The van der Waals surface area contributed by atoms with Gasteiger partial charge in [0.1, 0.15) is 0 Å². The summed E-state index contributed by atoms with van der Waals surface area (Å²) in [6, 6.07) is 6.47. The van der Waals surface area contributed by atoms with E-state index in [1.807, 2.05) is 0 Å². The van der Waals surface area contributed by atoms with Gasteiger partial charge in [-0.25, -0.2) is 8.42 Å². The predicted octanol–water partition coefficient (Wildman–Crippen LogP) is 2.43. The first-order valence-electron chi connectivity index (χ1n) is 6.01. The Morgan fingerprint density at radius 1 is 1.33 bits per heavy atom. The first kappa shape index (κ1) is 13.9. The number of fused-ring (bicyclic) bond motifs is 1. The van der Waals surface area contributed by atoms with Gasteiger partial charge in [0.25, 0.3) is 0 Å². The van der Waals surface area contributed by atoms with Crippen LogP contribution in [0, 0.1) is 0 Å². The minimum absolute atomic E-state index is 0.448. The Labute approximate surface area is 114 Å². The van der Waals surface area contributed by atoms with Gasteiger partial charge in [-0.3, -0.25) is 0 Å². The normalized spacial score (nSPS) is 18.4. The van der Waals surface area contributed by atoms with Crippen molar-refractivity contribution < 1.29 is 8.42 Å². The number of hydrogen-bond acceptors (Lipinski definition) is 3. The van der Waals surface area contributed by atoms with Crippen LogP contribution in [0.2, 0.25) is 0 Å². The van der Waals surface area contributed by atoms with Gasteiger partial charge in [0.05, 0.1) is 6.26 Å². The summed E-state index contributed by atoms with van der Waals surface area (Å²) < 4.78 is 24.7. The quantitative estimate of drug-likeness (QED) is 0.856. The monoisotopic (exact) mass is 285 g/mol. The number of benzene rings is 1. The first-order valence-corrected chi connectivity index (χ1v) is 9.15. The molecule has 1 aromatic rings. The molecule has 100 valence electrons. The van der Waals surface area contributed by atoms with E-state index in [9.17, 15) is 8.42 Å². The lowest BCUT2D eigenvalue weighted by Gasteiger charge is -2.27. The molecule has 0 aromatic heterocycles. The van der Waals surface area contributed by atoms with E-state index in [1.54, 1.807) is 16.1 Å². The second kappa shape index (κ2) is 5.23. The lowest BCUT2D eigenvalue weighted by atomic mass is 9.97. The zero-order valence-electron chi connectivity index (χ0n) is 11.0. The minimum atomic E-state index is -3.08. The molecule has 1 aliphatic rings. The molecule has 1 aliphatic heterocycles. The van der Waals surface area contributed by atoms with Gasteiger partial charge in [-0.15, -0.1) is 0 Å². The number of hydrogen-bond donors (Lipinski definition) is 0. The van der Waals surface area contributed by atoms with Crippen LogP contribution in [0.25, 0.3) is 0 Å². The molecular weight excluding hydrogens is 266 g/mol. The van der Waals surface area contributed by atoms with E-state index in [2.05, 4.69) is 31.4 Å². The van der Waals surface area contributed by atoms with E-state index in [0.29, 0.717) is 18.3 Å². The minimum Gasteiger partial charge on any atom is -0.212 e. The largest absolute Gasteiger partial charge is 0.212 e. The highest BCUT2D eigenvalue weighted by atomic mass is 32.2. The summed E-state index contributed by atoms with van der Waals surface area (Å²) in [6.07, 6.45) is 4.19. The van der Waals surface area contributed by atoms with Crippen molar-refractivity contribution in [2.24, 2.45) is 0 Å². The molecule has 0 fully saturated rings. The van der Waals surface area contributed by atoms with Crippen molar-refractivity contribution in [1.82, 2.24) is 4.31 Å². The van der Waals surface area contributed by atoms with Crippen molar-refractivity contribution in [1.29, 1.82) is 0 Å². The number of thioether (sulfide) groups is 1. The molecule has 0 aliphatic carbocycles. The van der Waals surface area contributed by atoms with Crippen LogP contribution in [0.15, 0.2) is 18.2 Å². The molecule has 0 saturated carbocycles. The summed E-state index contributed by atoms with van der Waals surface area (Å²) in [5.74, 6) is 0. The summed E-state index contributed by atoms with van der Waals surface area (Å²) >= 11 is 1.80. The maximum absolute atomic E-state index is 11.6. The van der Waals surface area contributed by atoms with Gasteiger partial charge >= 0.3 is 0 Å². The van der Waals surface area contributed by atoms with E-state index in [-0.39, 0.29) is 0 Å². The van der Waals surface area contributed by atoms with E-state index in [0.717, 1.165) is 12.0 Å². The van der Waals surface area contributed by atoms with Gasteiger partial charge in [-0.2, -0.15) is 16.1 Å². The summed E-state index contributed by atoms with van der Waals surface area (Å²) in [4.78, 5) is 0. The van der Waals surface area contributed by atoms with Crippen LogP contribution >= 0.6 is 11.8 Å². The predicted molar refractivity (Wildman–Crippen MR) is 77.3 cm³/mol. The van der Waals surface area contributed by atoms with Crippen LogP contribution in [0.4, 0.5) is 0 Å². The molecule has 18 heavy (non-hydrogen) atoms. The first-order chi connectivity index (χ1) is 8.41. The molecule has 0 spiro atoms. The average molecular weight is 285 g/mol. The topological polar surface area (TPSA) is 37.4 Å². The molecule has 1 unspecified atom stereocenters. The highest BCUT2D eigenvalue weighted by molar-refractivity contribution is 7.98. The number of nitrogens with zero attached hydrogens (tertiary/aromatic N) is 1. The van der Waals surface area contributed by atoms with Gasteiger partial charge < -0.3 is 0 Å². The average Bonchev–Trinajstić information content (AvgIpc) is 2.35. The van der Waals surface area contributed by atoms with Crippen molar-refractivity contribution in [2.75, 3.05) is 19.1 Å². The molecule has 0 radical (unpaired) electrons. The Morgan fingerprint density at radius 2 is 2.06 bits per heavy atom. The van der Waals surface area contributed by atoms with Crippen LogP contribution < -0.4 is 0 Å². The molecule has 0 saturated heterocycles. The molecule has 2 rings (SSSR count). The summed E-state index contributed by atoms with van der Waals surface area (Å²) in [5, 5.41) is 0.448. The van der Waals surface area contributed by atoms with Crippen molar-refractivity contribution in [3.63, 3.8) is 0 Å². The van der Waals surface area contributed by atoms with Crippen molar-refractivity contribution >= 4 is 21.8 Å². The SMILES string of the molecule is CSC(C)c1ccc2c(c1)CN(S(C)(=O)=O)CC2. The van der Waals surface area contributed by atoms with Crippen LogP contribution in [-0.4, -0.2) is 31.8 Å². The van der Waals surface area contributed by atoms with Crippen LogP contribution in [-0.2, 0) is 23.0 Å². The molecule has 5 heteroatoms. The molecule has 0 bridgehead atoms. The summed E-state index contributed by atoms with van der Waals surface area (Å²) in [6.45, 7) is 3.29. The van der Waals surface area contributed by atoms with Crippen LogP contribution in [0.1, 0.15) is 28.9 Å². The van der Waals surface area contributed by atoms with Gasteiger partial charge in [0, 0.05) is 18.3 Å². The fourth-order valence-corrected chi connectivity index (χ4v) is 3.44. The number of sulfonamides is 1. The van der Waals surface area contributed by atoms with Gasteiger partial charge in [-0.05, 0) is 36.3 Å². The second-order valence-electron chi connectivity index (χ2n) is 4.75. The Hall–Kier alpha value is -0.520. The van der Waals surface area contributed by atoms with Gasteiger partial charge in [0.15, 0.2) is 0 Å². The fraction of sp³-hybridized carbons (Fsp3) is 0.538. The molecule has 1 heterocycles. The molecular formula is C13H19NO2S2. The highest BCUT2D eigenvalue weighted by Crippen LogP contribution is 2.29. The lowest BCUT2D eigenvalue weighted by Crippen LogP contribution is -2.35. The van der Waals surface area contributed by atoms with Crippen molar-refractivity contribution in [2.45, 2.75) is 25.1 Å². The Kier molecular flexibility index (Phi) is 4.04. The molecule has 0 N–H and O–H groups in total. The van der Waals surface area contributed by atoms with Crippen LogP contribution in [0.5, 0.6) is 0 Å². The zero-order chi connectivity index (χ0) is 13.3. The molecule has 0 amide bonds. The third-order valence-corrected chi connectivity index (χ3v) is 5.73. The smallest absolute Gasteiger partial charge is 0.211 e. The van der Waals surface area contributed by atoms with Gasteiger partial charge in [0.2, 0.25) is 10.0 Å². The fourth-order valence-electron chi connectivity index (χ4n) is 2.22. The Bertz CT molecular complexity index is 540. The van der Waals surface area contributed by atoms with Crippen LogP contribution in [0.3, 0.4) is 0 Å². The van der Waals surface area contributed by atoms with Gasteiger partial charge in [-0.1, -0.05) is 18.2 Å². The number of rotatable bonds is 3. The third kappa shape index (κ3) is 2.90. The lowest BCUT2D eigenvalue weighted by molar-refractivity contribution is 0.395. The Balaban J connectivity index is 2.30. The molecule has 1 aromatic carbocycles. The second-order valence-corrected chi connectivity index (χ2v) is 7.91. The van der Waals surface area contributed by atoms with E-state index < -0.39 is 10.0 Å². The molecule has 3 nitrogen and oxygen atoms in total. The van der Waals surface area contributed by atoms with E-state index >= 15 is 0 Å². The summed E-state index contributed by atoms with van der Waals surface area (Å²) in [5.41, 5.74) is 3.72. The highest BCUT2D eigenvalue weighted by Gasteiger charge is 2.23. The van der Waals surface area contributed by atoms with Crippen molar-refractivity contribution in [3.05, 3.63) is 34.9 Å². The van der Waals surface area contributed by atoms with E-state index in [1.165, 1.54) is 17.4 Å².